The molecule has 0 saturated heterocycles. The molecular formula is C19H13Cl6N3. The standard InChI is InChI=1S/C19H13Cl6N3/c20-18(21,22)16-26-15(27-17(28-16)19(23,24)25)14-10-8-13(9-11-14)7-6-12-4-2-1-3-5-12/h1-11,15H,(H,26,27,28). The molecule has 28 heavy (non-hydrogen) atoms. The normalized spacial score (nSPS) is 17.9. The number of rotatable bonds is 3. The monoisotopic (exact) mass is 493 g/mol. The summed E-state index contributed by atoms with van der Waals surface area (Å²) in [6, 6.07) is 17.7. The van der Waals surface area contributed by atoms with Gasteiger partial charge in [-0.2, -0.15) is 0 Å². The molecule has 0 radical (unpaired) electrons. The fourth-order valence-electron chi connectivity index (χ4n) is 2.44. The van der Waals surface area contributed by atoms with Crippen molar-refractivity contribution in [2.75, 3.05) is 0 Å². The summed E-state index contributed by atoms with van der Waals surface area (Å²) >= 11 is 35.6. The Balaban J connectivity index is 1.83. The zero-order valence-electron chi connectivity index (χ0n) is 14.1. The van der Waals surface area contributed by atoms with Gasteiger partial charge in [0.05, 0.1) is 0 Å². The zero-order valence-corrected chi connectivity index (χ0v) is 18.6. The maximum Gasteiger partial charge on any atom is 0.249 e. The van der Waals surface area contributed by atoms with Crippen LogP contribution in [-0.2, 0) is 0 Å². The van der Waals surface area contributed by atoms with Crippen molar-refractivity contribution in [3.63, 3.8) is 0 Å². The van der Waals surface area contributed by atoms with Gasteiger partial charge < -0.3 is 5.32 Å². The molecule has 3 nitrogen and oxygen atoms in total. The number of alkyl halides is 6. The second-order valence-corrected chi connectivity index (χ2v) is 10.4. The van der Waals surface area contributed by atoms with Crippen molar-refractivity contribution in [3.8, 4) is 0 Å². The highest BCUT2D eigenvalue weighted by molar-refractivity contribution is 6.79. The molecule has 2 aromatic rings. The van der Waals surface area contributed by atoms with Gasteiger partial charge in [0.25, 0.3) is 0 Å². The number of benzene rings is 2. The average molecular weight is 496 g/mol. The smallest absolute Gasteiger partial charge is 0.249 e. The SMILES string of the molecule is ClC(Cl)(Cl)C1=NC(c2ccc(C=Cc3ccccc3)cc2)NC(C(Cl)(Cl)Cl)=N1. The molecule has 2 aromatic carbocycles. The van der Waals surface area contributed by atoms with Crippen molar-refractivity contribution in [2.24, 2.45) is 9.98 Å². The molecule has 0 spiro atoms. The lowest BCUT2D eigenvalue weighted by Crippen LogP contribution is -2.42. The topological polar surface area (TPSA) is 36.8 Å². The number of halogens is 6. The Hall–Kier alpha value is -0.940. The highest BCUT2D eigenvalue weighted by Gasteiger charge is 2.38. The fourth-order valence-corrected chi connectivity index (χ4v) is 3.00. The van der Waals surface area contributed by atoms with E-state index in [1.807, 2.05) is 66.7 Å². The Morgan fingerprint density at radius 3 is 1.86 bits per heavy atom. The second-order valence-electron chi connectivity index (χ2n) is 5.87. The van der Waals surface area contributed by atoms with Crippen LogP contribution in [0.25, 0.3) is 12.2 Å². The van der Waals surface area contributed by atoms with Gasteiger partial charge in [0.15, 0.2) is 11.7 Å². The third-order valence-corrected chi connectivity index (χ3v) is 4.83. The first-order valence-electron chi connectivity index (χ1n) is 8.03. The lowest BCUT2D eigenvalue weighted by Gasteiger charge is -2.28. The Morgan fingerprint density at radius 1 is 0.750 bits per heavy atom. The van der Waals surface area contributed by atoms with E-state index in [-0.39, 0.29) is 11.7 Å². The molecule has 1 unspecified atom stereocenters. The van der Waals surface area contributed by atoms with Gasteiger partial charge in [-0.25, -0.2) is 9.98 Å². The van der Waals surface area contributed by atoms with Crippen LogP contribution in [0, 0.1) is 0 Å². The molecule has 0 fully saturated rings. The summed E-state index contributed by atoms with van der Waals surface area (Å²) in [5.41, 5.74) is 2.93. The van der Waals surface area contributed by atoms with E-state index in [0.29, 0.717) is 0 Å². The van der Waals surface area contributed by atoms with Crippen LogP contribution in [0.15, 0.2) is 64.6 Å². The minimum atomic E-state index is -1.85. The van der Waals surface area contributed by atoms with Crippen LogP contribution in [0.5, 0.6) is 0 Å². The first kappa shape index (κ1) is 21.8. The summed E-state index contributed by atoms with van der Waals surface area (Å²) in [7, 11) is 0. The number of hydrogen-bond acceptors (Lipinski definition) is 3. The highest BCUT2D eigenvalue weighted by atomic mass is 35.6. The van der Waals surface area contributed by atoms with Gasteiger partial charge in [-0.3, -0.25) is 0 Å². The Morgan fingerprint density at radius 2 is 1.32 bits per heavy atom. The molecule has 1 heterocycles. The first-order chi connectivity index (χ1) is 13.1. The summed E-state index contributed by atoms with van der Waals surface area (Å²) in [5.74, 6) is -0.0255. The quantitative estimate of drug-likeness (QED) is 0.361. The summed E-state index contributed by atoms with van der Waals surface area (Å²) in [4.78, 5) is 8.37. The van der Waals surface area contributed by atoms with Crippen molar-refractivity contribution in [2.45, 2.75) is 13.8 Å². The van der Waals surface area contributed by atoms with E-state index in [1.54, 1.807) is 0 Å². The molecule has 0 saturated carbocycles. The van der Waals surface area contributed by atoms with Gasteiger partial charge in [0, 0.05) is 0 Å². The molecule has 0 aromatic heterocycles. The molecule has 3 rings (SSSR count). The van der Waals surface area contributed by atoms with Crippen molar-refractivity contribution in [1.82, 2.24) is 5.32 Å². The molecular weight excluding hydrogens is 483 g/mol. The van der Waals surface area contributed by atoms with E-state index >= 15 is 0 Å². The summed E-state index contributed by atoms with van der Waals surface area (Å²) in [6.07, 6.45) is 3.43. The molecule has 0 amide bonds. The predicted octanol–water partition coefficient (Wildman–Crippen LogP) is 7.00. The zero-order chi connectivity index (χ0) is 20.4. The van der Waals surface area contributed by atoms with E-state index < -0.39 is 13.8 Å². The molecule has 1 atom stereocenters. The maximum atomic E-state index is 5.95. The van der Waals surface area contributed by atoms with Crippen LogP contribution in [0.4, 0.5) is 0 Å². The van der Waals surface area contributed by atoms with Gasteiger partial charge in [-0.15, -0.1) is 0 Å². The number of hydrogen-bond donors (Lipinski definition) is 1. The van der Waals surface area contributed by atoms with Crippen molar-refractivity contribution in [3.05, 3.63) is 71.3 Å². The van der Waals surface area contributed by atoms with Crippen LogP contribution in [0.2, 0.25) is 0 Å². The van der Waals surface area contributed by atoms with E-state index in [4.69, 9.17) is 69.6 Å². The van der Waals surface area contributed by atoms with Crippen LogP contribution >= 0.6 is 69.6 Å². The average Bonchev–Trinajstić information content (AvgIpc) is 2.66. The van der Waals surface area contributed by atoms with Crippen molar-refractivity contribution < 1.29 is 0 Å². The van der Waals surface area contributed by atoms with Gasteiger partial charge >= 0.3 is 0 Å². The largest absolute Gasteiger partial charge is 0.345 e. The summed E-state index contributed by atoms with van der Waals surface area (Å²) in [6.45, 7) is 0. The van der Waals surface area contributed by atoms with Crippen LogP contribution in [-0.4, -0.2) is 19.3 Å². The number of nitrogens with one attached hydrogen (secondary N) is 1. The molecule has 0 bridgehead atoms. The molecule has 1 aliphatic rings. The minimum Gasteiger partial charge on any atom is -0.345 e. The Labute approximate surface area is 193 Å². The van der Waals surface area contributed by atoms with Gasteiger partial charge in [0.2, 0.25) is 7.59 Å². The van der Waals surface area contributed by atoms with Crippen LogP contribution < -0.4 is 5.32 Å². The number of nitrogens with zero attached hydrogens (tertiary/aromatic N) is 2. The minimum absolute atomic E-state index is 0.0341. The maximum absolute atomic E-state index is 5.95. The van der Waals surface area contributed by atoms with Crippen molar-refractivity contribution in [1.29, 1.82) is 0 Å². The lowest BCUT2D eigenvalue weighted by atomic mass is 10.1. The Bertz CT molecular complexity index is 909. The number of aliphatic imine (C=N–C) groups is 2. The molecule has 1 aliphatic heterocycles. The third kappa shape index (κ3) is 5.79. The second kappa shape index (κ2) is 8.83. The first-order valence-corrected chi connectivity index (χ1v) is 10.3. The molecule has 1 N–H and O–H groups in total. The summed E-state index contributed by atoms with van der Waals surface area (Å²) < 4.78 is -3.66. The third-order valence-electron chi connectivity index (χ3n) is 3.78. The molecule has 146 valence electrons. The van der Waals surface area contributed by atoms with E-state index in [9.17, 15) is 0 Å². The fraction of sp³-hybridized carbons (Fsp3) is 0.158. The van der Waals surface area contributed by atoms with Gasteiger partial charge in [0.1, 0.15) is 6.17 Å². The molecule has 0 aliphatic carbocycles. The van der Waals surface area contributed by atoms with E-state index in [2.05, 4.69) is 15.3 Å². The van der Waals surface area contributed by atoms with E-state index in [0.717, 1.165) is 16.7 Å². The highest BCUT2D eigenvalue weighted by Crippen LogP contribution is 2.36. The van der Waals surface area contributed by atoms with E-state index in [1.165, 1.54) is 0 Å². The lowest BCUT2D eigenvalue weighted by molar-refractivity contribution is 0.665. The molecule has 9 heteroatoms. The Kier molecular flexibility index (Phi) is 6.86. The van der Waals surface area contributed by atoms with Gasteiger partial charge in [-0.05, 0) is 16.7 Å². The van der Waals surface area contributed by atoms with Crippen molar-refractivity contribution >= 4 is 93.4 Å². The van der Waals surface area contributed by atoms with Crippen LogP contribution in [0.3, 0.4) is 0 Å². The predicted molar refractivity (Wildman–Crippen MR) is 123 cm³/mol. The van der Waals surface area contributed by atoms with Gasteiger partial charge in [-0.1, -0.05) is 136 Å². The number of amidine groups is 2. The van der Waals surface area contributed by atoms with Crippen LogP contribution in [0.1, 0.15) is 22.9 Å². The summed E-state index contributed by atoms with van der Waals surface area (Å²) in [5, 5.41) is 2.96.